The van der Waals surface area contributed by atoms with Crippen molar-refractivity contribution in [3.8, 4) is 5.88 Å². The number of fused-ring (bicyclic) bond motifs is 1. The minimum Gasteiger partial charge on any atom is -0.481 e. The molecule has 2 aliphatic rings. The van der Waals surface area contributed by atoms with Gasteiger partial charge in [-0.1, -0.05) is 30.3 Å². The highest BCUT2D eigenvalue weighted by molar-refractivity contribution is 5.34. The Kier molecular flexibility index (Phi) is 3.87. The highest BCUT2D eigenvalue weighted by Crippen LogP contribution is 2.33. The van der Waals surface area contributed by atoms with E-state index in [4.69, 9.17) is 4.74 Å². The summed E-state index contributed by atoms with van der Waals surface area (Å²) in [5.74, 6) is 2.87. The Morgan fingerprint density at radius 1 is 1.04 bits per heavy atom. The summed E-state index contributed by atoms with van der Waals surface area (Å²) in [5, 5.41) is 0. The molecule has 5 heteroatoms. The van der Waals surface area contributed by atoms with Crippen LogP contribution in [0.1, 0.15) is 5.56 Å². The molecule has 0 amide bonds. The number of rotatable bonds is 4. The topological polar surface area (TPSA) is 41.5 Å². The lowest BCUT2D eigenvalue weighted by atomic mass is 10.0. The number of benzene rings is 1. The van der Waals surface area contributed by atoms with Gasteiger partial charge in [0.2, 0.25) is 11.8 Å². The van der Waals surface area contributed by atoms with Gasteiger partial charge in [0.25, 0.3) is 0 Å². The summed E-state index contributed by atoms with van der Waals surface area (Å²) in [5.41, 5.74) is 1.40. The first-order chi connectivity index (χ1) is 11.3. The van der Waals surface area contributed by atoms with Crippen molar-refractivity contribution in [3.05, 3.63) is 48.2 Å². The smallest absolute Gasteiger partial charge is 0.228 e. The van der Waals surface area contributed by atoms with Crippen molar-refractivity contribution in [3.63, 3.8) is 0 Å². The van der Waals surface area contributed by atoms with Crippen molar-refractivity contribution in [2.45, 2.75) is 6.54 Å². The molecule has 2 aromatic rings. The Morgan fingerprint density at radius 3 is 2.48 bits per heavy atom. The van der Waals surface area contributed by atoms with Gasteiger partial charge >= 0.3 is 0 Å². The van der Waals surface area contributed by atoms with Gasteiger partial charge < -0.3 is 9.64 Å². The van der Waals surface area contributed by atoms with Crippen LogP contribution >= 0.6 is 0 Å². The quantitative estimate of drug-likeness (QED) is 0.864. The molecule has 120 valence electrons. The zero-order valence-corrected chi connectivity index (χ0v) is 13.4. The molecule has 23 heavy (non-hydrogen) atoms. The molecule has 0 saturated carbocycles. The van der Waals surface area contributed by atoms with E-state index < -0.39 is 0 Å². The van der Waals surface area contributed by atoms with Crippen LogP contribution in [0.25, 0.3) is 0 Å². The Hall–Kier alpha value is -2.14. The fourth-order valence-corrected chi connectivity index (χ4v) is 3.82. The van der Waals surface area contributed by atoms with Gasteiger partial charge in [-0.25, -0.2) is 4.98 Å². The molecule has 0 spiro atoms. The Labute approximate surface area is 136 Å². The van der Waals surface area contributed by atoms with E-state index in [2.05, 4.69) is 50.1 Å². The largest absolute Gasteiger partial charge is 0.481 e. The average Bonchev–Trinajstić information content (AvgIpc) is 3.14. The molecule has 0 N–H and O–H groups in total. The van der Waals surface area contributed by atoms with Crippen LogP contribution in [0.2, 0.25) is 0 Å². The molecular weight excluding hydrogens is 288 g/mol. The molecule has 1 aromatic carbocycles. The third kappa shape index (κ3) is 3.01. The highest BCUT2D eigenvalue weighted by Gasteiger charge is 2.40. The number of hydrogen-bond donors (Lipinski definition) is 0. The number of methoxy groups -OCH3 is 1. The predicted octanol–water partition coefficient (Wildman–Crippen LogP) is 2.05. The summed E-state index contributed by atoms with van der Waals surface area (Å²) in [6.07, 6.45) is 1.77. The molecule has 2 aliphatic heterocycles. The van der Waals surface area contributed by atoms with Crippen molar-refractivity contribution >= 4 is 5.95 Å². The molecule has 4 rings (SSSR count). The lowest BCUT2D eigenvalue weighted by molar-refractivity contribution is 0.308. The third-order valence-electron chi connectivity index (χ3n) is 4.92. The first-order valence-electron chi connectivity index (χ1n) is 8.20. The summed E-state index contributed by atoms with van der Waals surface area (Å²) in [7, 11) is 1.65. The number of ether oxygens (including phenoxy) is 1. The van der Waals surface area contributed by atoms with E-state index in [-0.39, 0.29) is 0 Å². The van der Waals surface area contributed by atoms with Crippen LogP contribution in [0.15, 0.2) is 42.6 Å². The predicted molar refractivity (Wildman–Crippen MR) is 89.5 cm³/mol. The van der Waals surface area contributed by atoms with Gasteiger partial charge in [-0.15, -0.1) is 0 Å². The monoisotopic (exact) mass is 310 g/mol. The van der Waals surface area contributed by atoms with Crippen molar-refractivity contribution in [1.29, 1.82) is 0 Å². The van der Waals surface area contributed by atoms with Crippen LogP contribution in [-0.2, 0) is 6.54 Å². The lowest BCUT2D eigenvalue weighted by Crippen LogP contribution is -2.29. The minimum atomic E-state index is 0.637. The Morgan fingerprint density at radius 2 is 1.78 bits per heavy atom. The molecule has 0 aliphatic carbocycles. The summed E-state index contributed by atoms with van der Waals surface area (Å²) in [6, 6.07) is 12.5. The molecule has 5 nitrogen and oxygen atoms in total. The van der Waals surface area contributed by atoms with Crippen molar-refractivity contribution in [2.75, 3.05) is 38.2 Å². The Balaban J connectivity index is 1.38. The number of nitrogens with zero attached hydrogens (tertiary/aromatic N) is 4. The van der Waals surface area contributed by atoms with Gasteiger partial charge in [-0.05, 0) is 17.4 Å². The number of anilines is 1. The third-order valence-corrected chi connectivity index (χ3v) is 4.92. The second-order valence-corrected chi connectivity index (χ2v) is 6.50. The SMILES string of the molecule is COc1ccnc(N2CC3CN(Cc4ccccc4)CC3C2)n1. The van der Waals surface area contributed by atoms with Gasteiger partial charge in [0.15, 0.2) is 0 Å². The van der Waals surface area contributed by atoms with Crippen LogP contribution in [0.4, 0.5) is 5.95 Å². The summed E-state index contributed by atoms with van der Waals surface area (Å²) in [6.45, 7) is 5.48. The van der Waals surface area contributed by atoms with Crippen LogP contribution in [0.3, 0.4) is 0 Å². The van der Waals surface area contributed by atoms with Gasteiger partial charge in [-0.3, -0.25) is 4.90 Å². The summed E-state index contributed by atoms with van der Waals surface area (Å²) < 4.78 is 5.21. The zero-order chi connectivity index (χ0) is 15.6. The fourth-order valence-electron chi connectivity index (χ4n) is 3.82. The van der Waals surface area contributed by atoms with E-state index in [1.54, 1.807) is 19.4 Å². The number of likely N-dealkylation sites (tertiary alicyclic amines) is 1. The molecular formula is C18H22N4O. The minimum absolute atomic E-state index is 0.637. The standard InChI is InChI=1S/C18H22N4O/c1-23-17-7-8-19-18(20-17)22-12-15-10-21(11-16(15)13-22)9-14-5-3-2-4-6-14/h2-8,15-16H,9-13H2,1H3. The first kappa shape index (κ1) is 14.5. The molecule has 0 radical (unpaired) electrons. The maximum atomic E-state index is 5.21. The first-order valence-corrected chi connectivity index (χ1v) is 8.20. The van der Waals surface area contributed by atoms with Gasteiger partial charge in [0.05, 0.1) is 7.11 Å². The van der Waals surface area contributed by atoms with E-state index >= 15 is 0 Å². The summed E-state index contributed by atoms with van der Waals surface area (Å²) in [4.78, 5) is 13.8. The van der Waals surface area contributed by atoms with E-state index in [1.807, 2.05) is 0 Å². The van der Waals surface area contributed by atoms with Gasteiger partial charge in [0, 0.05) is 45.0 Å². The zero-order valence-electron chi connectivity index (χ0n) is 13.4. The molecule has 3 heterocycles. The van der Waals surface area contributed by atoms with Crippen LogP contribution < -0.4 is 9.64 Å². The van der Waals surface area contributed by atoms with Crippen molar-refractivity contribution in [1.82, 2.24) is 14.9 Å². The average molecular weight is 310 g/mol. The molecule has 2 atom stereocenters. The van der Waals surface area contributed by atoms with Crippen molar-refractivity contribution < 1.29 is 4.74 Å². The lowest BCUT2D eigenvalue weighted by Gasteiger charge is -2.21. The number of aromatic nitrogens is 2. The van der Waals surface area contributed by atoms with Crippen LogP contribution in [-0.4, -0.2) is 48.2 Å². The van der Waals surface area contributed by atoms with Gasteiger partial charge in [0.1, 0.15) is 0 Å². The Bertz CT molecular complexity index is 649. The van der Waals surface area contributed by atoms with E-state index in [0.29, 0.717) is 17.7 Å². The van der Waals surface area contributed by atoms with Crippen molar-refractivity contribution in [2.24, 2.45) is 11.8 Å². The van der Waals surface area contributed by atoms with E-state index in [0.717, 1.165) is 25.6 Å². The van der Waals surface area contributed by atoms with E-state index in [9.17, 15) is 0 Å². The van der Waals surface area contributed by atoms with Crippen LogP contribution in [0, 0.1) is 11.8 Å². The maximum Gasteiger partial charge on any atom is 0.228 e. The molecule has 2 unspecified atom stereocenters. The number of hydrogen-bond acceptors (Lipinski definition) is 5. The fraction of sp³-hybridized carbons (Fsp3) is 0.444. The second kappa shape index (κ2) is 6.16. The maximum absolute atomic E-state index is 5.21. The highest BCUT2D eigenvalue weighted by atomic mass is 16.5. The second-order valence-electron chi connectivity index (χ2n) is 6.50. The molecule has 0 bridgehead atoms. The van der Waals surface area contributed by atoms with Gasteiger partial charge in [-0.2, -0.15) is 4.98 Å². The normalized spacial score (nSPS) is 24.0. The van der Waals surface area contributed by atoms with E-state index in [1.165, 1.54) is 18.7 Å². The summed E-state index contributed by atoms with van der Waals surface area (Å²) >= 11 is 0. The molecule has 2 fully saturated rings. The molecule has 1 aromatic heterocycles. The van der Waals surface area contributed by atoms with Crippen LogP contribution in [0.5, 0.6) is 5.88 Å². The molecule has 2 saturated heterocycles.